The Labute approximate surface area is 113 Å². The fourth-order valence-electron chi connectivity index (χ4n) is 2.59. The van der Waals surface area contributed by atoms with Crippen molar-refractivity contribution >= 4 is 11.7 Å². The SMILES string of the molecule is CNC(=O)C1CCCN(c2ncccc2[C@@H](C)O)C1. The fraction of sp³-hybridized carbons (Fsp3) is 0.571. The average molecular weight is 263 g/mol. The molecule has 0 bridgehead atoms. The smallest absolute Gasteiger partial charge is 0.224 e. The van der Waals surface area contributed by atoms with Crippen molar-refractivity contribution in [2.24, 2.45) is 5.92 Å². The van der Waals surface area contributed by atoms with Gasteiger partial charge in [-0.2, -0.15) is 0 Å². The maximum absolute atomic E-state index is 11.8. The van der Waals surface area contributed by atoms with E-state index in [9.17, 15) is 9.90 Å². The normalized spacial score (nSPS) is 21.0. The number of anilines is 1. The molecule has 2 atom stereocenters. The monoisotopic (exact) mass is 263 g/mol. The fourth-order valence-corrected chi connectivity index (χ4v) is 2.59. The number of hydrogen-bond donors (Lipinski definition) is 2. The number of carbonyl (C=O) groups is 1. The van der Waals surface area contributed by atoms with Crippen LogP contribution >= 0.6 is 0 Å². The van der Waals surface area contributed by atoms with Crippen LogP contribution in [0.2, 0.25) is 0 Å². The second-order valence-electron chi connectivity index (χ2n) is 4.99. The van der Waals surface area contributed by atoms with Crippen molar-refractivity contribution in [3.63, 3.8) is 0 Å². The Morgan fingerprint density at radius 1 is 1.63 bits per heavy atom. The first-order chi connectivity index (χ1) is 9.13. The minimum atomic E-state index is -0.552. The Morgan fingerprint density at radius 2 is 2.42 bits per heavy atom. The number of carbonyl (C=O) groups excluding carboxylic acids is 1. The van der Waals surface area contributed by atoms with E-state index < -0.39 is 6.10 Å². The molecule has 0 saturated carbocycles. The summed E-state index contributed by atoms with van der Waals surface area (Å²) in [7, 11) is 1.67. The number of nitrogens with zero attached hydrogens (tertiary/aromatic N) is 2. The summed E-state index contributed by atoms with van der Waals surface area (Å²) >= 11 is 0. The van der Waals surface area contributed by atoms with Gasteiger partial charge in [0.15, 0.2) is 0 Å². The van der Waals surface area contributed by atoms with Crippen molar-refractivity contribution in [3.05, 3.63) is 23.9 Å². The molecule has 1 amide bonds. The number of piperidine rings is 1. The summed E-state index contributed by atoms with van der Waals surface area (Å²) in [4.78, 5) is 18.2. The van der Waals surface area contributed by atoms with Gasteiger partial charge < -0.3 is 15.3 Å². The van der Waals surface area contributed by atoms with Gasteiger partial charge >= 0.3 is 0 Å². The van der Waals surface area contributed by atoms with E-state index in [1.807, 2.05) is 12.1 Å². The molecule has 1 aliphatic heterocycles. The number of nitrogens with one attached hydrogen (secondary N) is 1. The van der Waals surface area contributed by atoms with Gasteiger partial charge in [0.2, 0.25) is 5.91 Å². The highest BCUT2D eigenvalue weighted by Crippen LogP contribution is 2.27. The third-order valence-electron chi connectivity index (χ3n) is 3.61. The van der Waals surface area contributed by atoms with Crippen molar-refractivity contribution in [2.75, 3.05) is 25.0 Å². The van der Waals surface area contributed by atoms with Gasteiger partial charge in [-0.1, -0.05) is 6.07 Å². The summed E-state index contributed by atoms with van der Waals surface area (Å²) in [5.74, 6) is 0.882. The first kappa shape index (κ1) is 13.8. The van der Waals surface area contributed by atoms with Gasteiger partial charge in [-0.05, 0) is 25.8 Å². The molecule has 0 aliphatic carbocycles. The molecule has 5 nitrogen and oxygen atoms in total. The molecule has 5 heteroatoms. The lowest BCUT2D eigenvalue weighted by Gasteiger charge is -2.34. The van der Waals surface area contributed by atoms with Crippen LogP contribution < -0.4 is 10.2 Å². The van der Waals surface area contributed by atoms with Gasteiger partial charge in [-0.3, -0.25) is 4.79 Å². The lowest BCUT2D eigenvalue weighted by Crippen LogP contribution is -2.42. The Morgan fingerprint density at radius 3 is 3.11 bits per heavy atom. The molecule has 2 heterocycles. The summed E-state index contributed by atoms with van der Waals surface area (Å²) in [6, 6.07) is 3.71. The maximum Gasteiger partial charge on any atom is 0.224 e. The standard InChI is InChI=1S/C14H21N3O2/c1-10(18)12-6-3-7-16-13(12)17-8-4-5-11(9-17)14(19)15-2/h3,6-7,10-11,18H,4-5,8-9H2,1-2H3,(H,15,19)/t10-,11?/m1/s1. The van der Waals surface area contributed by atoms with E-state index in [0.29, 0.717) is 6.54 Å². The summed E-state index contributed by atoms with van der Waals surface area (Å²) in [5, 5.41) is 12.5. The van der Waals surface area contributed by atoms with Crippen LogP contribution in [0.1, 0.15) is 31.4 Å². The summed E-state index contributed by atoms with van der Waals surface area (Å²) in [5.41, 5.74) is 0.819. The topological polar surface area (TPSA) is 65.5 Å². The van der Waals surface area contributed by atoms with E-state index in [-0.39, 0.29) is 11.8 Å². The summed E-state index contributed by atoms with van der Waals surface area (Å²) in [6.07, 6.45) is 3.05. The molecule has 0 aromatic carbocycles. The van der Waals surface area contributed by atoms with E-state index in [4.69, 9.17) is 0 Å². The number of aromatic nitrogens is 1. The van der Waals surface area contributed by atoms with E-state index in [1.54, 1.807) is 20.2 Å². The Bertz CT molecular complexity index is 448. The molecule has 1 aromatic heterocycles. The number of amides is 1. The zero-order valence-electron chi connectivity index (χ0n) is 11.5. The molecule has 1 fully saturated rings. The quantitative estimate of drug-likeness (QED) is 0.857. The molecular formula is C14H21N3O2. The minimum Gasteiger partial charge on any atom is -0.389 e. The molecule has 1 unspecified atom stereocenters. The molecule has 1 aromatic rings. The highest BCUT2D eigenvalue weighted by molar-refractivity contribution is 5.79. The molecule has 1 aliphatic rings. The van der Waals surface area contributed by atoms with Crippen LogP contribution in [0.4, 0.5) is 5.82 Å². The van der Waals surface area contributed by atoms with Crippen molar-refractivity contribution in [1.29, 1.82) is 0 Å². The molecule has 104 valence electrons. The number of hydrogen-bond acceptors (Lipinski definition) is 4. The summed E-state index contributed by atoms with van der Waals surface area (Å²) in [6.45, 7) is 3.28. The molecule has 0 radical (unpaired) electrons. The Balaban J connectivity index is 2.20. The van der Waals surface area contributed by atoms with Crippen LogP contribution in [0.15, 0.2) is 18.3 Å². The third-order valence-corrected chi connectivity index (χ3v) is 3.61. The van der Waals surface area contributed by atoms with Gasteiger partial charge in [0.05, 0.1) is 12.0 Å². The number of aliphatic hydroxyl groups excluding tert-OH is 1. The minimum absolute atomic E-state index is 0.00241. The molecule has 2 rings (SSSR count). The first-order valence-corrected chi connectivity index (χ1v) is 6.73. The van der Waals surface area contributed by atoms with Crippen LogP contribution in [0, 0.1) is 5.92 Å². The molecule has 0 spiro atoms. The lowest BCUT2D eigenvalue weighted by molar-refractivity contribution is -0.124. The van der Waals surface area contributed by atoms with Crippen molar-refractivity contribution in [1.82, 2.24) is 10.3 Å². The molecule has 2 N–H and O–H groups in total. The maximum atomic E-state index is 11.8. The largest absolute Gasteiger partial charge is 0.389 e. The van der Waals surface area contributed by atoms with Gasteiger partial charge in [0, 0.05) is 31.9 Å². The predicted octanol–water partition coefficient (Wildman–Crippen LogP) is 1.10. The highest BCUT2D eigenvalue weighted by Gasteiger charge is 2.27. The van der Waals surface area contributed by atoms with Crippen molar-refractivity contribution in [3.8, 4) is 0 Å². The first-order valence-electron chi connectivity index (χ1n) is 6.73. The van der Waals surface area contributed by atoms with Crippen LogP contribution in [0.25, 0.3) is 0 Å². The van der Waals surface area contributed by atoms with Gasteiger partial charge in [0.25, 0.3) is 0 Å². The van der Waals surface area contributed by atoms with Crippen LogP contribution in [-0.2, 0) is 4.79 Å². The number of pyridine rings is 1. The molecular weight excluding hydrogens is 242 g/mol. The predicted molar refractivity (Wildman–Crippen MR) is 73.9 cm³/mol. The second kappa shape index (κ2) is 6.02. The van der Waals surface area contributed by atoms with Gasteiger partial charge in [0.1, 0.15) is 5.82 Å². The van der Waals surface area contributed by atoms with Crippen LogP contribution in [0.3, 0.4) is 0 Å². The van der Waals surface area contributed by atoms with E-state index in [2.05, 4.69) is 15.2 Å². The van der Waals surface area contributed by atoms with Gasteiger partial charge in [-0.25, -0.2) is 4.98 Å². The van der Waals surface area contributed by atoms with E-state index in [0.717, 1.165) is 30.8 Å². The third kappa shape index (κ3) is 3.04. The van der Waals surface area contributed by atoms with Crippen molar-refractivity contribution < 1.29 is 9.90 Å². The zero-order valence-corrected chi connectivity index (χ0v) is 11.5. The van der Waals surface area contributed by atoms with Crippen LogP contribution in [-0.4, -0.2) is 36.1 Å². The Hall–Kier alpha value is -1.62. The zero-order chi connectivity index (χ0) is 13.8. The molecule has 1 saturated heterocycles. The number of rotatable bonds is 3. The van der Waals surface area contributed by atoms with E-state index >= 15 is 0 Å². The number of aliphatic hydroxyl groups is 1. The molecule has 19 heavy (non-hydrogen) atoms. The second-order valence-corrected chi connectivity index (χ2v) is 4.99. The average Bonchev–Trinajstić information content (AvgIpc) is 2.46. The lowest BCUT2D eigenvalue weighted by atomic mass is 9.96. The highest BCUT2D eigenvalue weighted by atomic mass is 16.3. The van der Waals surface area contributed by atoms with Gasteiger partial charge in [-0.15, -0.1) is 0 Å². The Kier molecular flexibility index (Phi) is 4.37. The summed E-state index contributed by atoms with van der Waals surface area (Å²) < 4.78 is 0. The van der Waals surface area contributed by atoms with E-state index in [1.165, 1.54) is 0 Å². The van der Waals surface area contributed by atoms with Crippen LogP contribution in [0.5, 0.6) is 0 Å². The van der Waals surface area contributed by atoms with Crippen molar-refractivity contribution in [2.45, 2.75) is 25.9 Å².